The number of hydrogen-bond acceptors (Lipinski definition) is 6. The van der Waals surface area contributed by atoms with Crippen LogP contribution in [-0.4, -0.2) is 34.5 Å². The second-order valence-electron chi connectivity index (χ2n) is 5.86. The van der Waals surface area contributed by atoms with Crippen LogP contribution >= 0.6 is 0 Å². The van der Waals surface area contributed by atoms with Crippen LogP contribution in [0.25, 0.3) is 11.4 Å². The molecular formula is C16H14N6O3S. The van der Waals surface area contributed by atoms with Crippen molar-refractivity contribution in [1.29, 1.82) is 0 Å². The fraction of sp³-hybridized carbons (Fsp3) is 0.125. The minimum Gasteiger partial charge on any atom is -0.326 e. The fourth-order valence-corrected chi connectivity index (χ4v) is 3.88. The Kier molecular flexibility index (Phi) is 3.69. The molecule has 2 N–H and O–H groups in total. The van der Waals surface area contributed by atoms with Gasteiger partial charge in [-0.25, -0.2) is 13.1 Å². The van der Waals surface area contributed by atoms with Gasteiger partial charge in [0, 0.05) is 24.0 Å². The Morgan fingerprint density at radius 3 is 2.81 bits per heavy atom. The number of carbonyl (C=O) groups excluding carboxylic acids is 1. The average Bonchev–Trinajstić information content (AvgIpc) is 3.19. The van der Waals surface area contributed by atoms with Gasteiger partial charge in [-0.2, -0.15) is 0 Å². The summed E-state index contributed by atoms with van der Waals surface area (Å²) < 4.78 is 29.4. The lowest BCUT2D eigenvalue weighted by atomic mass is 10.1. The summed E-state index contributed by atoms with van der Waals surface area (Å²) in [7, 11) is -2.13. The van der Waals surface area contributed by atoms with Crippen LogP contribution in [0.15, 0.2) is 47.4 Å². The first-order valence-corrected chi connectivity index (χ1v) is 9.19. The van der Waals surface area contributed by atoms with E-state index in [1.807, 2.05) is 0 Å². The van der Waals surface area contributed by atoms with Crippen molar-refractivity contribution < 1.29 is 13.2 Å². The predicted octanol–water partition coefficient (Wildman–Crippen LogP) is 1.17. The largest absolute Gasteiger partial charge is 0.326 e. The first-order chi connectivity index (χ1) is 12.4. The fourth-order valence-electron chi connectivity index (χ4n) is 2.78. The molecule has 2 heterocycles. The molecule has 0 spiro atoms. The molecule has 3 aromatic rings. The summed E-state index contributed by atoms with van der Waals surface area (Å²) in [6, 6.07) is 11.3. The molecule has 0 atom stereocenters. The molecule has 1 aliphatic heterocycles. The van der Waals surface area contributed by atoms with E-state index in [2.05, 4.69) is 25.6 Å². The molecule has 2 aromatic carbocycles. The maximum absolute atomic E-state index is 12.7. The van der Waals surface area contributed by atoms with Gasteiger partial charge in [0.25, 0.3) is 10.0 Å². The van der Waals surface area contributed by atoms with Crippen LogP contribution in [-0.2, 0) is 28.3 Å². The van der Waals surface area contributed by atoms with Gasteiger partial charge in [0.1, 0.15) is 0 Å². The highest BCUT2D eigenvalue weighted by atomic mass is 32.2. The lowest BCUT2D eigenvalue weighted by Crippen LogP contribution is -2.13. The molecule has 4 rings (SSSR count). The molecule has 1 aliphatic rings. The normalized spacial score (nSPS) is 13.3. The van der Waals surface area contributed by atoms with E-state index in [0.717, 1.165) is 5.56 Å². The Balaban J connectivity index is 1.65. The zero-order valence-electron chi connectivity index (χ0n) is 13.7. The van der Waals surface area contributed by atoms with Crippen molar-refractivity contribution in [3.05, 3.63) is 48.0 Å². The van der Waals surface area contributed by atoms with Crippen LogP contribution < -0.4 is 10.0 Å². The van der Waals surface area contributed by atoms with Gasteiger partial charge in [0.2, 0.25) is 5.91 Å². The second kappa shape index (κ2) is 5.92. The third-order valence-corrected chi connectivity index (χ3v) is 5.38. The molecule has 132 valence electrons. The quantitative estimate of drug-likeness (QED) is 0.712. The monoisotopic (exact) mass is 370 g/mol. The first kappa shape index (κ1) is 16.2. The molecule has 0 bridgehead atoms. The number of aryl methyl sites for hydroxylation is 1. The average molecular weight is 370 g/mol. The Labute approximate surface area is 149 Å². The van der Waals surface area contributed by atoms with Crippen molar-refractivity contribution in [2.24, 2.45) is 7.05 Å². The lowest BCUT2D eigenvalue weighted by molar-refractivity contribution is -0.115. The zero-order chi connectivity index (χ0) is 18.3. The van der Waals surface area contributed by atoms with E-state index in [1.54, 1.807) is 37.4 Å². The van der Waals surface area contributed by atoms with E-state index >= 15 is 0 Å². The number of rotatable bonds is 4. The molecular weight excluding hydrogens is 356 g/mol. The Bertz CT molecular complexity index is 1120. The smallest absolute Gasteiger partial charge is 0.261 e. The van der Waals surface area contributed by atoms with Gasteiger partial charge in [0.05, 0.1) is 11.3 Å². The number of fused-ring (bicyclic) bond motifs is 1. The lowest BCUT2D eigenvalue weighted by Gasteiger charge is -2.10. The molecule has 0 saturated heterocycles. The van der Waals surface area contributed by atoms with E-state index in [4.69, 9.17) is 0 Å². The van der Waals surface area contributed by atoms with Crippen molar-refractivity contribution in [3.8, 4) is 11.4 Å². The highest BCUT2D eigenvalue weighted by Crippen LogP contribution is 2.28. The van der Waals surface area contributed by atoms with Crippen molar-refractivity contribution in [1.82, 2.24) is 20.2 Å². The number of amides is 1. The first-order valence-electron chi connectivity index (χ1n) is 7.71. The van der Waals surface area contributed by atoms with E-state index in [9.17, 15) is 13.2 Å². The highest BCUT2D eigenvalue weighted by molar-refractivity contribution is 7.92. The van der Waals surface area contributed by atoms with Gasteiger partial charge >= 0.3 is 0 Å². The summed E-state index contributed by atoms with van der Waals surface area (Å²) in [5.74, 6) is 0.356. The third kappa shape index (κ3) is 2.90. The number of aromatic nitrogens is 4. The summed E-state index contributed by atoms with van der Waals surface area (Å²) >= 11 is 0. The maximum Gasteiger partial charge on any atom is 0.261 e. The number of carbonyl (C=O) groups is 1. The number of hydrogen-bond donors (Lipinski definition) is 2. The molecule has 0 saturated carbocycles. The topological polar surface area (TPSA) is 119 Å². The van der Waals surface area contributed by atoms with Crippen LogP contribution in [0.2, 0.25) is 0 Å². The minimum absolute atomic E-state index is 0.0905. The van der Waals surface area contributed by atoms with Gasteiger partial charge < -0.3 is 5.32 Å². The molecule has 0 unspecified atom stereocenters. The zero-order valence-corrected chi connectivity index (χ0v) is 14.5. The van der Waals surface area contributed by atoms with Crippen LogP contribution in [0.5, 0.6) is 0 Å². The summed E-state index contributed by atoms with van der Waals surface area (Å²) in [6.07, 6.45) is 0.236. The Hall–Kier alpha value is -3.27. The third-order valence-electron chi connectivity index (χ3n) is 4.01. The Morgan fingerprint density at radius 1 is 1.19 bits per heavy atom. The van der Waals surface area contributed by atoms with E-state index < -0.39 is 10.0 Å². The van der Waals surface area contributed by atoms with Gasteiger partial charge in [-0.15, -0.1) is 5.10 Å². The summed E-state index contributed by atoms with van der Waals surface area (Å²) in [5, 5.41) is 13.9. The minimum atomic E-state index is -3.80. The molecule has 1 aromatic heterocycles. The van der Waals surface area contributed by atoms with Gasteiger partial charge in [-0.3, -0.25) is 9.52 Å². The van der Waals surface area contributed by atoms with Crippen molar-refractivity contribution >= 4 is 27.3 Å². The van der Waals surface area contributed by atoms with Gasteiger partial charge in [0.15, 0.2) is 5.82 Å². The van der Waals surface area contributed by atoms with Crippen molar-refractivity contribution in [2.75, 3.05) is 10.0 Å². The highest BCUT2D eigenvalue weighted by Gasteiger charge is 2.20. The molecule has 10 heteroatoms. The molecule has 0 fully saturated rings. The molecule has 0 radical (unpaired) electrons. The SMILES string of the molecule is Cn1nnnc1-c1cccc(S(=O)(=O)Nc2ccc3c(c2)CC(=O)N3)c1. The number of nitrogens with zero attached hydrogens (tertiary/aromatic N) is 4. The molecule has 0 aliphatic carbocycles. The van der Waals surface area contributed by atoms with Gasteiger partial charge in [-0.1, -0.05) is 12.1 Å². The second-order valence-corrected chi connectivity index (χ2v) is 7.54. The number of sulfonamides is 1. The number of benzene rings is 2. The summed E-state index contributed by atoms with van der Waals surface area (Å²) in [5.41, 5.74) is 2.44. The standard InChI is InChI=1S/C16H14N6O3S/c1-22-16(18-20-21-22)10-3-2-4-13(8-10)26(24,25)19-12-5-6-14-11(7-12)9-15(23)17-14/h2-8,19H,9H2,1H3,(H,17,23). The van der Waals surface area contributed by atoms with Crippen LogP contribution in [0, 0.1) is 0 Å². The number of nitrogens with one attached hydrogen (secondary N) is 2. The summed E-state index contributed by atoms with van der Waals surface area (Å²) in [4.78, 5) is 11.5. The van der Waals surface area contributed by atoms with E-state index in [0.29, 0.717) is 22.8 Å². The van der Waals surface area contributed by atoms with E-state index in [1.165, 1.54) is 16.8 Å². The van der Waals surface area contributed by atoms with Gasteiger partial charge in [-0.05, 0) is 46.3 Å². The van der Waals surface area contributed by atoms with Crippen LogP contribution in [0.4, 0.5) is 11.4 Å². The molecule has 26 heavy (non-hydrogen) atoms. The summed E-state index contributed by atoms with van der Waals surface area (Å²) in [6.45, 7) is 0. The van der Waals surface area contributed by atoms with Crippen molar-refractivity contribution in [2.45, 2.75) is 11.3 Å². The van der Waals surface area contributed by atoms with E-state index in [-0.39, 0.29) is 17.2 Å². The van der Waals surface area contributed by atoms with Crippen LogP contribution in [0.1, 0.15) is 5.56 Å². The molecule has 9 nitrogen and oxygen atoms in total. The predicted molar refractivity (Wildman–Crippen MR) is 93.8 cm³/mol. The number of tetrazole rings is 1. The van der Waals surface area contributed by atoms with Crippen LogP contribution in [0.3, 0.4) is 0 Å². The number of anilines is 2. The van der Waals surface area contributed by atoms with Crippen molar-refractivity contribution in [3.63, 3.8) is 0 Å². The molecule has 1 amide bonds. The Morgan fingerprint density at radius 2 is 2.04 bits per heavy atom. The maximum atomic E-state index is 12.7.